The third-order valence-electron chi connectivity index (χ3n) is 10.1. The van der Waals surface area contributed by atoms with Crippen LogP contribution in [0.3, 0.4) is 0 Å². The highest BCUT2D eigenvalue weighted by atomic mass is 16.6. The number of rotatable bonds is 43. The zero-order valence-corrected chi connectivity index (χ0v) is 39.4. The minimum atomic E-state index is -0.815. The Kier molecular flexibility index (Phi) is 46.0. The molecule has 0 aromatic rings. The number of allylic oxidation sites excluding steroid dienone is 16. The van der Waals surface area contributed by atoms with E-state index in [1.165, 1.54) is 64.2 Å². The van der Waals surface area contributed by atoms with Crippen LogP contribution in [0.15, 0.2) is 97.2 Å². The molecule has 61 heavy (non-hydrogen) atoms. The summed E-state index contributed by atoms with van der Waals surface area (Å²) < 4.78 is 16.7. The van der Waals surface area contributed by atoms with E-state index in [0.29, 0.717) is 19.3 Å². The summed E-state index contributed by atoms with van der Waals surface area (Å²) in [5.74, 6) is -1.02. The first-order valence-electron chi connectivity index (χ1n) is 24.7. The van der Waals surface area contributed by atoms with Crippen molar-refractivity contribution in [3.8, 4) is 0 Å². The molecule has 0 N–H and O–H groups in total. The molecule has 0 aliphatic rings. The summed E-state index contributed by atoms with van der Waals surface area (Å²) >= 11 is 0. The second kappa shape index (κ2) is 49.0. The van der Waals surface area contributed by atoms with Crippen LogP contribution in [0.4, 0.5) is 0 Å². The second-order valence-electron chi connectivity index (χ2n) is 16.0. The topological polar surface area (TPSA) is 78.9 Å². The third-order valence-corrected chi connectivity index (χ3v) is 10.1. The molecule has 0 saturated carbocycles. The van der Waals surface area contributed by atoms with E-state index in [2.05, 4.69) is 106 Å². The number of esters is 3. The molecule has 0 aromatic heterocycles. The van der Waals surface area contributed by atoms with E-state index < -0.39 is 6.10 Å². The van der Waals surface area contributed by atoms with E-state index in [0.717, 1.165) is 103 Å². The Morgan fingerprint density at radius 1 is 0.344 bits per heavy atom. The van der Waals surface area contributed by atoms with Crippen molar-refractivity contribution in [2.75, 3.05) is 13.2 Å². The van der Waals surface area contributed by atoms with Crippen molar-refractivity contribution in [2.24, 2.45) is 0 Å². The predicted octanol–water partition coefficient (Wildman–Crippen LogP) is 16.2. The van der Waals surface area contributed by atoms with Crippen molar-refractivity contribution in [3.63, 3.8) is 0 Å². The van der Waals surface area contributed by atoms with Crippen LogP contribution < -0.4 is 0 Å². The summed E-state index contributed by atoms with van der Waals surface area (Å²) in [5.41, 5.74) is 0. The monoisotopic (exact) mass is 847 g/mol. The summed E-state index contributed by atoms with van der Waals surface area (Å²) in [7, 11) is 0. The number of hydrogen-bond acceptors (Lipinski definition) is 6. The lowest BCUT2D eigenvalue weighted by Gasteiger charge is -2.18. The number of carbonyl (C=O) groups is 3. The number of unbranched alkanes of at least 4 members (excludes halogenated alkanes) is 16. The zero-order valence-electron chi connectivity index (χ0n) is 39.4. The van der Waals surface area contributed by atoms with Gasteiger partial charge in [0.05, 0.1) is 0 Å². The molecule has 346 valence electrons. The van der Waals surface area contributed by atoms with Crippen LogP contribution >= 0.6 is 0 Å². The first-order valence-corrected chi connectivity index (χ1v) is 24.7. The van der Waals surface area contributed by atoms with E-state index in [1.807, 2.05) is 12.2 Å². The largest absolute Gasteiger partial charge is 0.462 e. The molecule has 0 amide bonds. The molecular weight excluding hydrogens is 757 g/mol. The normalized spacial score (nSPS) is 12.9. The van der Waals surface area contributed by atoms with Crippen molar-refractivity contribution in [1.82, 2.24) is 0 Å². The average Bonchev–Trinajstić information content (AvgIpc) is 3.26. The number of carbonyl (C=O) groups excluding carboxylic acids is 3. The van der Waals surface area contributed by atoms with Crippen molar-refractivity contribution in [1.29, 1.82) is 0 Å². The van der Waals surface area contributed by atoms with Crippen LogP contribution in [0.5, 0.6) is 0 Å². The first-order chi connectivity index (χ1) is 30.0. The van der Waals surface area contributed by atoms with Gasteiger partial charge in [-0.25, -0.2) is 0 Å². The fourth-order valence-electron chi connectivity index (χ4n) is 6.40. The maximum absolute atomic E-state index is 12.8. The quantitative estimate of drug-likeness (QED) is 0.0263. The SMILES string of the molecule is CC/C=C\C/C=C\C/C=C\C/C=C\C/C=C\CCC(=O)OCC(COC(=O)CCCCCCC/C=C\C/C=C\CC)OC(=O)CCCCCCCCC/C=C\CCCCCC. The summed E-state index contributed by atoms with van der Waals surface area (Å²) in [6.07, 6.45) is 64.0. The molecule has 0 saturated heterocycles. The van der Waals surface area contributed by atoms with Gasteiger partial charge in [0.15, 0.2) is 6.10 Å². The second-order valence-corrected chi connectivity index (χ2v) is 16.0. The Balaban J connectivity index is 4.52. The van der Waals surface area contributed by atoms with Gasteiger partial charge in [-0.1, -0.05) is 189 Å². The lowest BCUT2D eigenvalue weighted by atomic mass is 10.1. The molecule has 0 radical (unpaired) electrons. The van der Waals surface area contributed by atoms with Crippen LogP contribution in [0.2, 0.25) is 0 Å². The van der Waals surface area contributed by atoms with Crippen LogP contribution in [-0.4, -0.2) is 37.2 Å². The summed E-state index contributed by atoms with van der Waals surface area (Å²) in [6.45, 7) is 6.30. The van der Waals surface area contributed by atoms with Crippen molar-refractivity contribution < 1.29 is 28.6 Å². The van der Waals surface area contributed by atoms with Crippen LogP contribution in [0, 0.1) is 0 Å². The molecule has 1 atom stereocenters. The maximum atomic E-state index is 12.8. The third kappa shape index (κ3) is 47.2. The zero-order chi connectivity index (χ0) is 44.4. The fraction of sp³-hybridized carbons (Fsp3) is 0.655. The van der Waals surface area contributed by atoms with Gasteiger partial charge in [-0.05, 0) is 103 Å². The maximum Gasteiger partial charge on any atom is 0.306 e. The Morgan fingerprint density at radius 2 is 0.672 bits per heavy atom. The Bertz CT molecular complexity index is 1250. The highest BCUT2D eigenvalue weighted by molar-refractivity contribution is 5.71. The Hall–Kier alpha value is -3.67. The molecule has 6 heteroatoms. The van der Waals surface area contributed by atoms with Gasteiger partial charge >= 0.3 is 17.9 Å². The summed E-state index contributed by atoms with van der Waals surface area (Å²) in [5, 5.41) is 0. The molecule has 0 heterocycles. The van der Waals surface area contributed by atoms with Crippen LogP contribution in [0.25, 0.3) is 0 Å². The molecule has 0 fully saturated rings. The molecule has 0 bridgehead atoms. The number of ether oxygens (including phenoxy) is 3. The molecule has 0 aliphatic carbocycles. The molecular formula is C55H90O6. The van der Waals surface area contributed by atoms with Gasteiger partial charge in [-0.3, -0.25) is 14.4 Å². The van der Waals surface area contributed by atoms with E-state index in [1.54, 1.807) is 0 Å². The van der Waals surface area contributed by atoms with Crippen molar-refractivity contribution in [3.05, 3.63) is 97.2 Å². The van der Waals surface area contributed by atoms with Crippen LogP contribution in [-0.2, 0) is 28.6 Å². The molecule has 0 rings (SSSR count). The predicted molar refractivity (Wildman–Crippen MR) is 260 cm³/mol. The standard InChI is InChI=1S/C55H90O6/c1-4-7-10-13-16-19-22-25-27-29-30-33-36-39-42-45-48-54(57)60-51-52(50-59-53(56)47-44-41-38-35-32-24-21-18-15-12-9-6-3)61-55(58)49-46-43-40-37-34-31-28-26-23-20-17-14-11-8-5-2/h7,9-10,12,16,18-21,23,25,27,30,33,39,42,52H,4-6,8,11,13-15,17,22,24,26,28-29,31-32,34-38,40-41,43-51H2,1-3H3/b10-7-,12-9-,19-16-,21-18-,23-20-,27-25-,33-30-,42-39-. The van der Waals surface area contributed by atoms with Gasteiger partial charge in [-0.15, -0.1) is 0 Å². The van der Waals surface area contributed by atoms with Gasteiger partial charge in [-0.2, -0.15) is 0 Å². The van der Waals surface area contributed by atoms with E-state index in [4.69, 9.17) is 14.2 Å². The lowest BCUT2D eigenvalue weighted by Crippen LogP contribution is -2.30. The Labute approximate surface area is 375 Å². The van der Waals surface area contributed by atoms with E-state index >= 15 is 0 Å². The first kappa shape index (κ1) is 57.3. The van der Waals surface area contributed by atoms with Gasteiger partial charge in [0, 0.05) is 19.3 Å². The lowest BCUT2D eigenvalue weighted by molar-refractivity contribution is -0.166. The minimum absolute atomic E-state index is 0.111. The number of hydrogen-bond donors (Lipinski definition) is 0. The van der Waals surface area contributed by atoms with Crippen molar-refractivity contribution >= 4 is 17.9 Å². The Morgan fingerprint density at radius 3 is 1.11 bits per heavy atom. The molecule has 0 aliphatic heterocycles. The smallest absolute Gasteiger partial charge is 0.306 e. The van der Waals surface area contributed by atoms with Crippen molar-refractivity contribution in [2.45, 2.75) is 219 Å². The highest BCUT2D eigenvalue weighted by Crippen LogP contribution is 2.13. The summed E-state index contributed by atoms with van der Waals surface area (Å²) in [6, 6.07) is 0. The van der Waals surface area contributed by atoms with E-state index in [9.17, 15) is 14.4 Å². The molecule has 0 aromatic carbocycles. The van der Waals surface area contributed by atoms with E-state index in [-0.39, 0.29) is 37.5 Å². The average molecular weight is 847 g/mol. The molecule has 1 unspecified atom stereocenters. The van der Waals surface area contributed by atoms with Gasteiger partial charge in [0.1, 0.15) is 13.2 Å². The molecule has 0 spiro atoms. The van der Waals surface area contributed by atoms with Gasteiger partial charge in [0.2, 0.25) is 0 Å². The summed E-state index contributed by atoms with van der Waals surface area (Å²) in [4.78, 5) is 37.9. The van der Waals surface area contributed by atoms with Crippen LogP contribution in [0.1, 0.15) is 213 Å². The highest BCUT2D eigenvalue weighted by Gasteiger charge is 2.19. The van der Waals surface area contributed by atoms with Gasteiger partial charge in [0.25, 0.3) is 0 Å². The molecule has 6 nitrogen and oxygen atoms in total. The fourth-order valence-corrected chi connectivity index (χ4v) is 6.40. The minimum Gasteiger partial charge on any atom is -0.462 e. The van der Waals surface area contributed by atoms with Gasteiger partial charge < -0.3 is 14.2 Å².